The molecule has 0 saturated carbocycles. The van der Waals surface area contributed by atoms with Gasteiger partial charge in [0.05, 0.1) is 28.0 Å². The number of thiophene rings is 1. The van der Waals surface area contributed by atoms with E-state index in [0.717, 1.165) is 26.7 Å². The number of sulfonamides is 1. The summed E-state index contributed by atoms with van der Waals surface area (Å²) in [5.41, 5.74) is 1.69. The molecule has 0 bridgehead atoms. The summed E-state index contributed by atoms with van der Waals surface area (Å²) in [4.78, 5) is 20.3. The second-order valence-electron chi connectivity index (χ2n) is 6.75. The van der Waals surface area contributed by atoms with Crippen molar-refractivity contribution in [3.8, 4) is 0 Å². The van der Waals surface area contributed by atoms with Gasteiger partial charge in [-0.2, -0.15) is 4.31 Å². The van der Waals surface area contributed by atoms with Gasteiger partial charge in [0.25, 0.3) is 10.0 Å². The molecule has 0 aliphatic carbocycles. The van der Waals surface area contributed by atoms with Crippen LogP contribution in [0.1, 0.15) is 25.7 Å². The smallest absolute Gasteiger partial charge is 0.252 e. The van der Waals surface area contributed by atoms with E-state index < -0.39 is 15.9 Å². The Morgan fingerprint density at radius 2 is 2.00 bits per heavy atom. The van der Waals surface area contributed by atoms with Crippen molar-refractivity contribution in [1.29, 1.82) is 0 Å². The number of aromatic amines is 1. The molecule has 2 heterocycles. The molecular formula is C18H21ClN4O3S2. The lowest BCUT2D eigenvalue weighted by Gasteiger charge is -2.22. The molecule has 0 aliphatic heterocycles. The van der Waals surface area contributed by atoms with E-state index in [0.29, 0.717) is 10.2 Å². The Morgan fingerprint density at radius 1 is 1.29 bits per heavy atom. The van der Waals surface area contributed by atoms with E-state index in [9.17, 15) is 13.2 Å². The third-order valence-corrected chi connectivity index (χ3v) is 7.77. The minimum absolute atomic E-state index is 0.0579. The highest BCUT2D eigenvalue weighted by Gasteiger charge is 2.27. The average molecular weight is 441 g/mol. The second kappa shape index (κ2) is 8.20. The number of para-hydroxylation sites is 2. The fraction of sp³-hybridized carbons (Fsp3) is 0.333. The zero-order valence-corrected chi connectivity index (χ0v) is 18.0. The molecule has 28 heavy (non-hydrogen) atoms. The molecule has 1 aromatic carbocycles. The van der Waals surface area contributed by atoms with Crippen LogP contribution in [0.4, 0.5) is 0 Å². The molecule has 0 radical (unpaired) electrons. The zero-order valence-electron chi connectivity index (χ0n) is 15.6. The van der Waals surface area contributed by atoms with Crippen molar-refractivity contribution in [3.63, 3.8) is 0 Å². The van der Waals surface area contributed by atoms with E-state index in [2.05, 4.69) is 15.3 Å². The third-order valence-electron chi connectivity index (χ3n) is 4.26. The fourth-order valence-electron chi connectivity index (χ4n) is 2.77. The molecule has 0 aliphatic rings. The van der Waals surface area contributed by atoms with Crippen LogP contribution < -0.4 is 5.32 Å². The summed E-state index contributed by atoms with van der Waals surface area (Å²) in [6.07, 6.45) is 0. The highest BCUT2D eigenvalue weighted by Crippen LogP contribution is 2.27. The lowest BCUT2D eigenvalue weighted by atomic mass is 10.0. The van der Waals surface area contributed by atoms with Gasteiger partial charge in [0.1, 0.15) is 10.0 Å². The Bertz CT molecular complexity index is 1060. The minimum atomic E-state index is -3.77. The number of nitrogens with zero attached hydrogens (tertiary/aromatic N) is 2. The van der Waals surface area contributed by atoms with Crippen LogP contribution in [-0.4, -0.2) is 42.2 Å². The maximum atomic E-state index is 12.6. The van der Waals surface area contributed by atoms with Crippen LogP contribution in [0.2, 0.25) is 4.34 Å². The molecule has 2 aromatic heterocycles. The summed E-state index contributed by atoms with van der Waals surface area (Å²) in [5.74, 6) is 0.288. The number of fused-ring (bicyclic) bond motifs is 1. The molecule has 10 heteroatoms. The summed E-state index contributed by atoms with van der Waals surface area (Å²) in [6.45, 7) is 3.62. The van der Waals surface area contributed by atoms with Crippen molar-refractivity contribution in [2.24, 2.45) is 5.92 Å². The summed E-state index contributed by atoms with van der Waals surface area (Å²) >= 11 is 6.78. The Labute approximate surface area is 172 Å². The number of imidazole rings is 1. The van der Waals surface area contributed by atoms with Crippen molar-refractivity contribution in [2.45, 2.75) is 24.1 Å². The third kappa shape index (κ3) is 4.38. The van der Waals surface area contributed by atoms with Gasteiger partial charge in [-0.15, -0.1) is 11.3 Å². The molecule has 0 spiro atoms. The van der Waals surface area contributed by atoms with Crippen LogP contribution in [0.3, 0.4) is 0 Å². The maximum absolute atomic E-state index is 12.6. The maximum Gasteiger partial charge on any atom is 0.252 e. The Morgan fingerprint density at radius 3 is 2.61 bits per heavy atom. The van der Waals surface area contributed by atoms with E-state index in [1.807, 2.05) is 38.1 Å². The molecule has 7 nitrogen and oxygen atoms in total. The van der Waals surface area contributed by atoms with Crippen LogP contribution in [0.25, 0.3) is 11.0 Å². The van der Waals surface area contributed by atoms with Crippen molar-refractivity contribution in [3.05, 3.63) is 46.6 Å². The van der Waals surface area contributed by atoms with Crippen LogP contribution in [0.5, 0.6) is 0 Å². The topological polar surface area (TPSA) is 95.2 Å². The number of amides is 1. The number of likely N-dealkylation sites (N-methyl/N-ethyl adjacent to an activating group) is 1. The standard InChI is InChI=1S/C18H21ClN4O3S2/c1-11(2)17(18-20-12-6-4-5-7-13(12)21-18)22-15(24)10-23(3)28(25,26)16-9-8-14(19)27-16/h4-9,11,17H,10H2,1-3H3,(H,20,21)(H,22,24). The molecule has 3 rings (SSSR count). The lowest BCUT2D eigenvalue weighted by Crippen LogP contribution is -2.41. The van der Waals surface area contributed by atoms with E-state index in [-0.39, 0.29) is 22.7 Å². The molecule has 0 fully saturated rings. The SMILES string of the molecule is CC(C)C(NC(=O)CN(C)S(=O)(=O)c1ccc(Cl)s1)c1nc2ccccc2[nH]1. The van der Waals surface area contributed by atoms with Crippen LogP contribution in [0, 0.1) is 5.92 Å². The number of halogens is 1. The number of carbonyl (C=O) groups is 1. The highest BCUT2D eigenvalue weighted by molar-refractivity contribution is 7.91. The Hall–Kier alpha value is -1.94. The largest absolute Gasteiger partial charge is 0.345 e. The number of aromatic nitrogens is 2. The molecule has 150 valence electrons. The highest BCUT2D eigenvalue weighted by atomic mass is 35.5. The second-order valence-corrected chi connectivity index (χ2v) is 10.7. The predicted octanol–water partition coefficient (Wildman–Crippen LogP) is 3.41. The number of hydrogen-bond donors (Lipinski definition) is 2. The number of rotatable bonds is 7. The zero-order chi connectivity index (χ0) is 20.5. The quantitative estimate of drug-likeness (QED) is 0.588. The van der Waals surface area contributed by atoms with Crippen LogP contribution in [-0.2, 0) is 14.8 Å². The van der Waals surface area contributed by atoms with Gasteiger partial charge in [0, 0.05) is 7.05 Å². The first kappa shape index (κ1) is 20.8. The van der Waals surface area contributed by atoms with Gasteiger partial charge in [-0.3, -0.25) is 4.79 Å². The van der Waals surface area contributed by atoms with Gasteiger partial charge < -0.3 is 10.3 Å². The minimum Gasteiger partial charge on any atom is -0.345 e. The molecule has 1 amide bonds. The van der Waals surface area contributed by atoms with E-state index in [4.69, 9.17) is 11.6 Å². The first-order chi connectivity index (χ1) is 13.2. The van der Waals surface area contributed by atoms with Crippen molar-refractivity contribution in [1.82, 2.24) is 19.6 Å². The molecule has 2 N–H and O–H groups in total. The predicted molar refractivity (Wildman–Crippen MR) is 111 cm³/mol. The number of carbonyl (C=O) groups excluding carboxylic acids is 1. The summed E-state index contributed by atoms with van der Waals surface area (Å²) in [5, 5.41) is 2.89. The first-order valence-electron chi connectivity index (χ1n) is 8.64. The molecule has 1 atom stereocenters. The number of hydrogen-bond acceptors (Lipinski definition) is 5. The van der Waals surface area contributed by atoms with Gasteiger partial charge in [-0.1, -0.05) is 37.6 Å². The Balaban J connectivity index is 1.74. The van der Waals surface area contributed by atoms with Crippen LogP contribution >= 0.6 is 22.9 Å². The number of nitrogens with one attached hydrogen (secondary N) is 2. The van der Waals surface area contributed by atoms with Gasteiger partial charge in [0.15, 0.2) is 0 Å². The Kier molecular flexibility index (Phi) is 6.09. The monoisotopic (exact) mass is 440 g/mol. The van der Waals surface area contributed by atoms with Crippen molar-refractivity contribution in [2.75, 3.05) is 13.6 Å². The summed E-state index contributed by atoms with van der Waals surface area (Å²) in [6, 6.07) is 10.2. The van der Waals surface area contributed by atoms with Gasteiger partial charge in [-0.05, 0) is 30.2 Å². The summed E-state index contributed by atoms with van der Waals surface area (Å²) < 4.78 is 26.6. The van der Waals surface area contributed by atoms with E-state index >= 15 is 0 Å². The van der Waals surface area contributed by atoms with Crippen molar-refractivity contribution < 1.29 is 13.2 Å². The fourth-order valence-corrected chi connectivity index (χ4v) is 5.59. The normalized spacial score (nSPS) is 13.4. The van der Waals surface area contributed by atoms with E-state index in [1.54, 1.807) is 0 Å². The van der Waals surface area contributed by atoms with E-state index in [1.165, 1.54) is 19.2 Å². The number of benzene rings is 1. The lowest BCUT2D eigenvalue weighted by molar-refractivity contribution is -0.122. The van der Waals surface area contributed by atoms with Gasteiger partial charge in [-0.25, -0.2) is 13.4 Å². The first-order valence-corrected chi connectivity index (χ1v) is 11.3. The average Bonchev–Trinajstić information content (AvgIpc) is 3.25. The van der Waals surface area contributed by atoms with Crippen molar-refractivity contribution >= 4 is 49.9 Å². The van der Waals surface area contributed by atoms with Crippen LogP contribution in [0.15, 0.2) is 40.6 Å². The molecule has 1 unspecified atom stereocenters. The summed E-state index contributed by atoms with van der Waals surface area (Å²) in [7, 11) is -2.40. The molecule has 3 aromatic rings. The van der Waals surface area contributed by atoms with Gasteiger partial charge in [0.2, 0.25) is 5.91 Å². The van der Waals surface area contributed by atoms with Gasteiger partial charge >= 0.3 is 0 Å². The molecule has 0 saturated heterocycles. The number of H-pyrrole nitrogens is 1. The molecular weight excluding hydrogens is 420 g/mol.